The molecule has 100 valence electrons. The van der Waals surface area contributed by atoms with E-state index < -0.39 is 6.10 Å². The van der Waals surface area contributed by atoms with Crippen molar-refractivity contribution in [2.24, 2.45) is 0 Å². The van der Waals surface area contributed by atoms with Crippen LogP contribution in [-0.4, -0.2) is 56.5 Å². The van der Waals surface area contributed by atoms with Gasteiger partial charge in [-0.15, -0.1) is 10.2 Å². The van der Waals surface area contributed by atoms with E-state index in [-0.39, 0.29) is 12.4 Å². The van der Waals surface area contributed by atoms with Crippen LogP contribution in [-0.2, 0) is 22.6 Å². The normalized spacial score (nSPS) is 17.2. The molecule has 7 heteroatoms. The van der Waals surface area contributed by atoms with Crippen molar-refractivity contribution in [2.45, 2.75) is 32.5 Å². The summed E-state index contributed by atoms with van der Waals surface area (Å²) in [6.45, 7) is 4.84. The Morgan fingerprint density at radius 2 is 2.44 bits per heavy atom. The standard InChI is InChI=1S/C11H18N4O3/c1-2-18-11(17)5-9(16)6-14-3-4-15-8-12-13-10(15)7-14/h8-9,16H,2-7H2,1H3. The third-order valence-electron chi connectivity index (χ3n) is 2.89. The number of hydrogen-bond donors (Lipinski definition) is 1. The van der Waals surface area contributed by atoms with Crippen molar-refractivity contribution in [3.05, 3.63) is 12.2 Å². The molecule has 2 heterocycles. The lowest BCUT2D eigenvalue weighted by molar-refractivity contribution is -0.145. The third-order valence-corrected chi connectivity index (χ3v) is 2.89. The van der Waals surface area contributed by atoms with E-state index in [0.29, 0.717) is 19.7 Å². The quantitative estimate of drug-likeness (QED) is 0.707. The number of ether oxygens (including phenoxy) is 1. The summed E-state index contributed by atoms with van der Waals surface area (Å²) in [6, 6.07) is 0. The van der Waals surface area contributed by atoms with Gasteiger partial charge < -0.3 is 14.4 Å². The maximum Gasteiger partial charge on any atom is 0.308 e. The maximum atomic E-state index is 11.2. The van der Waals surface area contributed by atoms with Crippen molar-refractivity contribution in [3.8, 4) is 0 Å². The maximum absolute atomic E-state index is 11.2. The summed E-state index contributed by atoms with van der Waals surface area (Å²) >= 11 is 0. The number of hydrogen-bond acceptors (Lipinski definition) is 6. The van der Waals surface area contributed by atoms with Gasteiger partial charge in [0.05, 0.1) is 25.7 Å². The van der Waals surface area contributed by atoms with Gasteiger partial charge in [-0.2, -0.15) is 0 Å². The number of carbonyl (C=O) groups excluding carboxylic acids is 1. The fourth-order valence-corrected chi connectivity index (χ4v) is 2.05. The van der Waals surface area contributed by atoms with Crippen LogP contribution >= 0.6 is 0 Å². The van der Waals surface area contributed by atoms with Gasteiger partial charge in [0.15, 0.2) is 0 Å². The van der Waals surface area contributed by atoms with Crippen molar-refractivity contribution >= 4 is 5.97 Å². The Morgan fingerprint density at radius 3 is 3.22 bits per heavy atom. The van der Waals surface area contributed by atoms with Crippen LogP contribution in [0.1, 0.15) is 19.2 Å². The molecule has 0 saturated carbocycles. The second-order valence-electron chi connectivity index (χ2n) is 4.34. The number of aliphatic hydroxyl groups is 1. The SMILES string of the molecule is CCOC(=O)CC(O)CN1CCn2cnnc2C1. The van der Waals surface area contributed by atoms with Crippen LogP contribution in [0.4, 0.5) is 0 Å². The molecule has 7 nitrogen and oxygen atoms in total. The first-order valence-electron chi connectivity index (χ1n) is 6.11. The van der Waals surface area contributed by atoms with Gasteiger partial charge in [0, 0.05) is 19.6 Å². The molecular weight excluding hydrogens is 236 g/mol. The summed E-state index contributed by atoms with van der Waals surface area (Å²) in [7, 11) is 0. The van der Waals surface area contributed by atoms with Gasteiger partial charge in [-0.05, 0) is 6.92 Å². The summed E-state index contributed by atoms with van der Waals surface area (Å²) in [5.74, 6) is 0.537. The van der Waals surface area contributed by atoms with E-state index in [9.17, 15) is 9.90 Å². The zero-order chi connectivity index (χ0) is 13.0. The molecule has 1 unspecified atom stereocenters. The number of fused-ring (bicyclic) bond motifs is 1. The van der Waals surface area contributed by atoms with E-state index in [4.69, 9.17) is 4.74 Å². The monoisotopic (exact) mass is 254 g/mol. The first kappa shape index (κ1) is 13.0. The van der Waals surface area contributed by atoms with Gasteiger partial charge >= 0.3 is 5.97 Å². The topological polar surface area (TPSA) is 80.5 Å². The van der Waals surface area contributed by atoms with Crippen molar-refractivity contribution in [2.75, 3.05) is 19.7 Å². The van der Waals surface area contributed by atoms with Crippen molar-refractivity contribution in [1.82, 2.24) is 19.7 Å². The summed E-state index contributed by atoms with van der Waals surface area (Å²) in [4.78, 5) is 13.3. The Balaban J connectivity index is 1.79. The molecule has 0 amide bonds. The van der Waals surface area contributed by atoms with Gasteiger partial charge in [0.2, 0.25) is 0 Å². The molecule has 0 aliphatic carbocycles. The third kappa shape index (κ3) is 3.27. The summed E-state index contributed by atoms with van der Waals surface area (Å²) in [5, 5.41) is 17.7. The molecule has 18 heavy (non-hydrogen) atoms. The molecule has 1 aliphatic heterocycles. The largest absolute Gasteiger partial charge is 0.466 e. The summed E-state index contributed by atoms with van der Waals surface area (Å²) < 4.78 is 6.80. The Bertz CT molecular complexity index is 407. The van der Waals surface area contributed by atoms with Crippen molar-refractivity contribution in [1.29, 1.82) is 0 Å². The van der Waals surface area contributed by atoms with Crippen molar-refractivity contribution in [3.63, 3.8) is 0 Å². The zero-order valence-corrected chi connectivity index (χ0v) is 10.4. The summed E-state index contributed by atoms with van der Waals surface area (Å²) in [6.07, 6.45) is 1.05. The molecular formula is C11H18N4O3. The van der Waals surface area contributed by atoms with Gasteiger partial charge in [-0.25, -0.2) is 0 Å². The number of aromatic nitrogens is 3. The predicted octanol–water partition coefficient (Wildman–Crippen LogP) is -0.592. The Morgan fingerprint density at radius 1 is 1.61 bits per heavy atom. The molecule has 1 N–H and O–H groups in total. The smallest absolute Gasteiger partial charge is 0.308 e. The summed E-state index contributed by atoms with van der Waals surface area (Å²) in [5.41, 5.74) is 0. The van der Waals surface area contributed by atoms with E-state index in [0.717, 1.165) is 18.9 Å². The van der Waals surface area contributed by atoms with Crippen LogP contribution < -0.4 is 0 Å². The first-order valence-corrected chi connectivity index (χ1v) is 6.11. The second kappa shape index (κ2) is 5.92. The van der Waals surface area contributed by atoms with Crippen molar-refractivity contribution < 1.29 is 14.6 Å². The molecule has 1 aliphatic rings. The molecule has 0 radical (unpaired) electrons. The highest BCUT2D eigenvalue weighted by Gasteiger charge is 2.21. The van der Waals surface area contributed by atoms with Crippen LogP contribution in [0.25, 0.3) is 0 Å². The number of β-amino-alcohol motifs (C(OH)–C–C–N with tert-alkyl or cyclic N) is 1. The van der Waals surface area contributed by atoms with Crippen LogP contribution in [0.2, 0.25) is 0 Å². The molecule has 0 fully saturated rings. The minimum atomic E-state index is -0.696. The molecule has 1 aromatic rings. The molecule has 0 saturated heterocycles. The van der Waals surface area contributed by atoms with E-state index >= 15 is 0 Å². The minimum absolute atomic E-state index is 0.0387. The van der Waals surface area contributed by atoms with Gasteiger partial charge in [-0.3, -0.25) is 9.69 Å². The second-order valence-corrected chi connectivity index (χ2v) is 4.34. The van der Waals surface area contributed by atoms with Crippen LogP contribution in [0, 0.1) is 0 Å². The molecule has 0 spiro atoms. The number of rotatable bonds is 5. The van der Waals surface area contributed by atoms with Gasteiger partial charge in [0.25, 0.3) is 0 Å². The number of carbonyl (C=O) groups is 1. The predicted molar refractivity (Wildman–Crippen MR) is 62.6 cm³/mol. The van der Waals surface area contributed by atoms with Gasteiger partial charge in [0.1, 0.15) is 12.2 Å². The highest BCUT2D eigenvalue weighted by Crippen LogP contribution is 2.10. The minimum Gasteiger partial charge on any atom is -0.466 e. The van der Waals surface area contributed by atoms with Crippen LogP contribution in [0.15, 0.2) is 6.33 Å². The molecule has 1 atom stereocenters. The van der Waals surface area contributed by atoms with E-state index in [1.807, 2.05) is 4.57 Å². The first-order chi connectivity index (χ1) is 8.69. The molecule has 0 aromatic carbocycles. The van der Waals surface area contributed by atoms with E-state index in [2.05, 4.69) is 15.1 Å². The molecule has 0 bridgehead atoms. The lowest BCUT2D eigenvalue weighted by atomic mass is 10.2. The molecule has 1 aromatic heterocycles. The number of nitrogens with zero attached hydrogens (tertiary/aromatic N) is 4. The fourth-order valence-electron chi connectivity index (χ4n) is 2.05. The fraction of sp³-hybridized carbons (Fsp3) is 0.727. The lowest BCUT2D eigenvalue weighted by Gasteiger charge is -2.28. The highest BCUT2D eigenvalue weighted by atomic mass is 16.5. The average Bonchev–Trinajstić information content (AvgIpc) is 2.76. The Kier molecular flexibility index (Phi) is 4.27. The number of aliphatic hydroxyl groups excluding tert-OH is 1. The molecule has 2 rings (SSSR count). The highest BCUT2D eigenvalue weighted by molar-refractivity contribution is 5.69. The average molecular weight is 254 g/mol. The zero-order valence-electron chi connectivity index (χ0n) is 10.4. The van der Waals surface area contributed by atoms with E-state index in [1.54, 1.807) is 13.3 Å². The Labute approximate surface area is 105 Å². The number of esters is 1. The van der Waals surface area contributed by atoms with Gasteiger partial charge in [-0.1, -0.05) is 0 Å². The van der Waals surface area contributed by atoms with Crippen LogP contribution in [0.5, 0.6) is 0 Å². The van der Waals surface area contributed by atoms with Crippen LogP contribution in [0.3, 0.4) is 0 Å². The Hall–Kier alpha value is -1.47. The lowest BCUT2D eigenvalue weighted by Crippen LogP contribution is -2.39. The van der Waals surface area contributed by atoms with E-state index in [1.165, 1.54) is 0 Å².